The van der Waals surface area contributed by atoms with Gasteiger partial charge in [-0.1, -0.05) is 19.1 Å². The first-order valence-corrected chi connectivity index (χ1v) is 7.77. The lowest BCUT2D eigenvalue weighted by Crippen LogP contribution is -2.44. The van der Waals surface area contributed by atoms with E-state index in [0.717, 1.165) is 11.3 Å². The molecule has 124 valence electrons. The number of benzene rings is 1. The van der Waals surface area contributed by atoms with Crippen molar-refractivity contribution in [3.8, 4) is 5.69 Å². The topological polar surface area (TPSA) is 79.2 Å². The molecule has 0 aliphatic rings. The number of aliphatic hydroxyl groups excluding tert-OH is 1. The average Bonchev–Trinajstić information content (AvgIpc) is 3.08. The Morgan fingerprint density at radius 3 is 2.48 bits per heavy atom. The summed E-state index contributed by atoms with van der Waals surface area (Å²) < 4.78 is 1.92. The molecule has 0 spiro atoms. The molecule has 0 aliphatic carbocycles. The Hall–Kier alpha value is -2.34. The van der Waals surface area contributed by atoms with Gasteiger partial charge in [-0.05, 0) is 37.5 Å². The van der Waals surface area contributed by atoms with Crippen molar-refractivity contribution in [3.05, 3.63) is 48.5 Å². The number of imidazole rings is 1. The van der Waals surface area contributed by atoms with Gasteiger partial charge in [0.05, 0.1) is 12.4 Å². The van der Waals surface area contributed by atoms with Crippen molar-refractivity contribution in [2.75, 3.05) is 6.61 Å². The molecule has 2 amide bonds. The Bertz CT molecular complexity index is 610. The number of rotatable bonds is 6. The van der Waals surface area contributed by atoms with Crippen LogP contribution in [0.4, 0.5) is 4.79 Å². The Morgan fingerprint density at radius 2 is 1.91 bits per heavy atom. The number of hydrogen-bond donors (Lipinski definition) is 3. The molecule has 3 N–H and O–H groups in total. The van der Waals surface area contributed by atoms with Crippen LogP contribution in [0.3, 0.4) is 0 Å². The van der Waals surface area contributed by atoms with Crippen molar-refractivity contribution in [2.24, 2.45) is 5.92 Å². The zero-order valence-corrected chi connectivity index (χ0v) is 13.7. The van der Waals surface area contributed by atoms with Crippen molar-refractivity contribution in [1.82, 2.24) is 20.2 Å². The van der Waals surface area contributed by atoms with Gasteiger partial charge in [0.1, 0.15) is 0 Å². The summed E-state index contributed by atoms with van der Waals surface area (Å²) in [7, 11) is 0. The number of nitrogens with one attached hydrogen (secondary N) is 2. The molecule has 3 atom stereocenters. The standard InChI is InChI=1S/C17H24N4O2/c1-12(10-22)13(2)19-17(23)20-14(3)15-4-6-16(7-5-15)21-9-8-18-11-21/h4-9,11-14,22H,10H2,1-3H3,(H2,19,20,23). The van der Waals surface area contributed by atoms with Gasteiger partial charge in [-0.15, -0.1) is 0 Å². The number of carbonyl (C=O) groups excluding carboxylic acids is 1. The largest absolute Gasteiger partial charge is 0.396 e. The van der Waals surface area contributed by atoms with Crippen LogP contribution in [-0.4, -0.2) is 33.3 Å². The van der Waals surface area contributed by atoms with E-state index in [1.807, 2.05) is 55.8 Å². The van der Waals surface area contributed by atoms with E-state index in [2.05, 4.69) is 15.6 Å². The zero-order chi connectivity index (χ0) is 16.8. The van der Waals surface area contributed by atoms with Crippen LogP contribution in [0.25, 0.3) is 5.69 Å². The number of nitrogens with zero attached hydrogens (tertiary/aromatic N) is 2. The minimum Gasteiger partial charge on any atom is -0.396 e. The van der Waals surface area contributed by atoms with Crippen LogP contribution < -0.4 is 10.6 Å². The summed E-state index contributed by atoms with van der Waals surface area (Å²) >= 11 is 0. The summed E-state index contributed by atoms with van der Waals surface area (Å²) in [5, 5.41) is 14.9. The van der Waals surface area contributed by atoms with Crippen molar-refractivity contribution < 1.29 is 9.90 Å². The van der Waals surface area contributed by atoms with E-state index in [4.69, 9.17) is 5.11 Å². The van der Waals surface area contributed by atoms with Crippen LogP contribution >= 0.6 is 0 Å². The predicted octanol–water partition coefficient (Wildman–Crippen LogP) is 2.25. The SMILES string of the molecule is CC(NC(=O)NC(C)C(C)CO)c1ccc(-n2ccnc2)cc1. The van der Waals surface area contributed by atoms with E-state index < -0.39 is 0 Å². The van der Waals surface area contributed by atoms with Gasteiger partial charge in [0.15, 0.2) is 0 Å². The molecule has 0 saturated heterocycles. The monoisotopic (exact) mass is 316 g/mol. The highest BCUT2D eigenvalue weighted by Crippen LogP contribution is 2.15. The van der Waals surface area contributed by atoms with Gasteiger partial charge in [-0.3, -0.25) is 0 Å². The molecule has 0 radical (unpaired) electrons. The third-order valence-electron chi connectivity index (χ3n) is 4.04. The highest BCUT2D eigenvalue weighted by atomic mass is 16.3. The van der Waals surface area contributed by atoms with Crippen molar-refractivity contribution in [3.63, 3.8) is 0 Å². The molecular weight excluding hydrogens is 292 g/mol. The molecule has 6 nitrogen and oxygen atoms in total. The molecular formula is C17H24N4O2. The van der Waals surface area contributed by atoms with Crippen molar-refractivity contribution in [1.29, 1.82) is 0 Å². The van der Waals surface area contributed by atoms with Gasteiger partial charge in [-0.25, -0.2) is 9.78 Å². The number of carbonyl (C=O) groups is 1. The number of urea groups is 1. The lowest BCUT2D eigenvalue weighted by atomic mass is 10.1. The summed E-state index contributed by atoms with van der Waals surface area (Å²) in [6.07, 6.45) is 5.36. The molecule has 0 aliphatic heterocycles. The van der Waals surface area contributed by atoms with Gasteiger partial charge in [0.25, 0.3) is 0 Å². The van der Waals surface area contributed by atoms with E-state index in [0.29, 0.717) is 0 Å². The smallest absolute Gasteiger partial charge is 0.315 e. The number of hydrogen-bond acceptors (Lipinski definition) is 3. The molecule has 23 heavy (non-hydrogen) atoms. The minimum absolute atomic E-state index is 0.0190. The number of amides is 2. The molecule has 2 aromatic rings. The lowest BCUT2D eigenvalue weighted by Gasteiger charge is -2.21. The maximum Gasteiger partial charge on any atom is 0.315 e. The first-order chi connectivity index (χ1) is 11.0. The fourth-order valence-electron chi connectivity index (χ4n) is 2.18. The van der Waals surface area contributed by atoms with Gasteiger partial charge in [0, 0.05) is 30.7 Å². The molecule has 2 rings (SSSR count). The first-order valence-electron chi connectivity index (χ1n) is 7.77. The van der Waals surface area contributed by atoms with Crippen LogP contribution in [0, 0.1) is 5.92 Å². The fourth-order valence-corrected chi connectivity index (χ4v) is 2.18. The maximum atomic E-state index is 12.0. The summed E-state index contributed by atoms with van der Waals surface area (Å²) in [5.74, 6) is 0.0190. The Kier molecular flexibility index (Phi) is 5.76. The molecule has 3 unspecified atom stereocenters. The second kappa shape index (κ2) is 7.78. The molecule has 6 heteroatoms. The number of aromatic nitrogens is 2. The predicted molar refractivity (Wildman–Crippen MR) is 89.4 cm³/mol. The van der Waals surface area contributed by atoms with E-state index in [9.17, 15) is 4.79 Å². The highest BCUT2D eigenvalue weighted by Gasteiger charge is 2.15. The van der Waals surface area contributed by atoms with Crippen LogP contribution in [0.1, 0.15) is 32.4 Å². The lowest BCUT2D eigenvalue weighted by molar-refractivity contribution is 0.199. The second-order valence-corrected chi connectivity index (χ2v) is 5.85. The molecule has 0 saturated carbocycles. The summed E-state index contributed by atoms with van der Waals surface area (Å²) in [6.45, 7) is 5.76. The minimum atomic E-state index is -0.232. The quantitative estimate of drug-likeness (QED) is 0.765. The third-order valence-corrected chi connectivity index (χ3v) is 4.04. The summed E-state index contributed by atoms with van der Waals surface area (Å²) in [5.41, 5.74) is 2.04. The fraction of sp³-hybridized carbons (Fsp3) is 0.412. The first kappa shape index (κ1) is 17.0. The molecule has 1 heterocycles. The van der Waals surface area contributed by atoms with E-state index >= 15 is 0 Å². The van der Waals surface area contributed by atoms with Crippen LogP contribution in [0.2, 0.25) is 0 Å². The van der Waals surface area contributed by atoms with Crippen LogP contribution in [-0.2, 0) is 0 Å². The summed E-state index contributed by atoms with van der Waals surface area (Å²) in [4.78, 5) is 16.0. The second-order valence-electron chi connectivity index (χ2n) is 5.85. The van der Waals surface area contributed by atoms with Gasteiger partial charge in [-0.2, -0.15) is 0 Å². The highest BCUT2D eigenvalue weighted by molar-refractivity contribution is 5.74. The van der Waals surface area contributed by atoms with Crippen molar-refractivity contribution >= 4 is 6.03 Å². The van der Waals surface area contributed by atoms with Crippen LogP contribution in [0.5, 0.6) is 0 Å². The third kappa shape index (κ3) is 4.56. The van der Waals surface area contributed by atoms with E-state index in [-0.39, 0.29) is 30.6 Å². The van der Waals surface area contributed by atoms with E-state index in [1.165, 1.54) is 0 Å². The van der Waals surface area contributed by atoms with Gasteiger partial charge in [0.2, 0.25) is 0 Å². The normalized spacial score (nSPS) is 14.8. The molecule has 0 fully saturated rings. The van der Waals surface area contributed by atoms with Gasteiger partial charge >= 0.3 is 6.03 Å². The van der Waals surface area contributed by atoms with E-state index in [1.54, 1.807) is 12.5 Å². The summed E-state index contributed by atoms with van der Waals surface area (Å²) in [6, 6.07) is 7.52. The average molecular weight is 316 g/mol. The number of aliphatic hydroxyl groups is 1. The maximum absolute atomic E-state index is 12.0. The molecule has 1 aromatic heterocycles. The Labute approximate surface area is 136 Å². The van der Waals surface area contributed by atoms with Crippen LogP contribution in [0.15, 0.2) is 43.0 Å². The van der Waals surface area contributed by atoms with Crippen molar-refractivity contribution in [2.45, 2.75) is 32.9 Å². The van der Waals surface area contributed by atoms with Gasteiger partial charge < -0.3 is 20.3 Å². The molecule has 0 bridgehead atoms. The molecule has 1 aromatic carbocycles. The Morgan fingerprint density at radius 1 is 1.22 bits per heavy atom. The zero-order valence-electron chi connectivity index (χ0n) is 13.7. The Balaban J connectivity index is 1.92.